The van der Waals surface area contributed by atoms with Crippen LogP contribution in [0, 0.1) is 11.8 Å². The SMILES string of the molecule is C[C@@H]1C(O)N(C2CC2)C=C[C@@H]1C. The van der Waals surface area contributed by atoms with Gasteiger partial charge in [-0.1, -0.05) is 19.9 Å². The fourth-order valence-electron chi connectivity index (χ4n) is 1.75. The second-order valence-corrected chi connectivity index (χ2v) is 4.15. The molecule has 0 aromatic carbocycles. The molecule has 1 fully saturated rings. The molecule has 0 bridgehead atoms. The van der Waals surface area contributed by atoms with Crippen molar-refractivity contribution in [3.63, 3.8) is 0 Å². The van der Waals surface area contributed by atoms with Gasteiger partial charge >= 0.3 is 0 Å². The smallest absolute Gasteiger partial charge is 0.129 e. The van der Waals surface area contributed by atoms with Crippen molar-refractivity contribution in [1.82, 2.24) is 4.90 Å². The van der Waals surface area contributed by atoms with Crippen molar-refractivity contribution in [2.75, 3.05) is 0 Å². The van der Waals surface area contributed by atoms with E-state index in [4.69, 9.17) is 0 Å². The largest absolute Gasteiger partial charge is 0.373 e. The molecule has 0 aromatic rings. The first kappa shape index (κ1) is 8.11. The first-order valence-corrected chi connectivity index (χ1v) is 4.84. The lowest BCUT2D eigenvalue weighted by atomic mass is 9.91. The molecule has 2 nitrogen and oxygen atoms in total. The quantitative estimate of drug-likeness (QED) is 0.640. The normalized spacial score (nSPS) is 41.9. The zero-order valence-corrected chi connectivity index (χ0v) is 7.77. The van der Waals surface area contributed by atoms with E-state index in [2.05, 4.69) is 31.0 Å². The second-order valence-electron chi connectivity index (χ2n) is 4.15. The zero-order chi connectivity index (χ0) is 8.72. The number of hydrogen-bond donors (Lipinski definition) is 1. The molecule has 68 valence electrons. The minimum atomic E-state index is -0.252. The molecule has 0 saturated heterocycles. The number of rotatable bonds is 1. The van der Waals surface area contributed by atoms with Gasteiger partial charge in [0.2, 0.25) is 0 Å². The van der Waals surface area contributed by atoms with Crippen LogP contribution in [0.25, 0.3) is 0 Å². The Morgan fingerprint density at radius 2 is 2.00 bits per heavy atom. The standard InChI is InChI=1S/C10H17NO/c1-7-5-6-11(9-3-4-9)10(12)8(7)2/h5-10,12H,3-4H2,1-2H3/t7-,8-,10?/m0/s1. The Balaban J connectivity index is 2.10. The maximum atomic E-state index is 9.89. The van der Waals surface area contributed by atoms with E-state index in [-0.39, 0.29) is 6.23 Å². The topological polar surface area (TPSA) is 23.5 Å². The fourth-order valence-corrected chi connectivity index (χ4v) is 1.75. The Morgan fingerprint density at radius 3 is 2.58 bits per heavy atom. The third kappa shape index (κ3) is 1.24. The molecule has 12 heavy (non-hydrogen) atoms. The van der Waals surface area contributed by atoms with Gasteiger partial charge in [-0.15, -0.1) is 0 Å². The summed E-state index contributed by atoms with van der Waals surface area (Å²) in [4.78, 5) is 2.12. The minimum absolute atomic E-state index is 0.252. The molecule has 1 saturated carbocycles. The van der Waals surface area contributed by atoms with Gasteiger partial charge in [0.1, 0.15) is 6.23 Å². The van der Waals surface area contributed by atoms with Crippen molar-refractivity contribution in [2.45, 2.75) is 39.0 Å². The highest BCUT2D eigenvalue weighted by molar-refractivity contribution is 5.02. The van der Waals surface area contributed by atoms with Crippen molar-refractivity contribution in [3.8, 4) is 0 Å². The summed E-state index contributed by atoms with van der Waals surface area (Å²) in [7, 11) is 0. The Hall–Kier alpha value is -0.500. The monoisotopic (exact) mass is 167 g/mol. The summed E-state index contributed by atoms with van der Waals surface area (Å²) in [6.07, 6.45) is 6.53. The molecule has 0 radical (unpaired) electrons. The van der Waals surface area contributed by atoms with Crippen molar-refractivity contribution in [3.05, 3.63) is 12.3 Å². The molecule has 1 heterocycles. The van der Waals surface area contributed by atoms with E-state index in [1.807, 2.05) is 0 Å². The Kier molecular flexibility index (Phi) is 1.87. The van der Waals surface area contributed by atoms with Gasteiger partial charge in [-0.3, -0.25) is 0 Å². The van der Waals surface area contributed by atoms with Crippen LogP contribution in [0.2, 0.25) is 0 Å². The summed E-state index contributed by atoms with van der Waals surface area (Å²) in [5.41, 5.74) is 0. The van der Waals surface area contributed by atoms with Crippen molar-refractivity contribution in [1.29, 1.82) is 0 Å². The molecule has 1 aliphatic heterocycles. The fraction of sp³-hybridized carbons (Fsp3) is 0.800. The highest BCUT2D eigenvalue weighted by Crippen LogP contribution is 2.34. The summed E-state index contributed by atoms with van der Waals surface area (Å²) in [5.74, 6) is 0.880. The van der Waals surface area contributed by atoms with Crippen LogP contribution in [-0.4, -0.2) is 22.3 Å². The minimum Gasteiger partial charge on any atom is -0.373 e. The van der Waals surface area contributed by atoms with Crippen molar-refractivity contribution in [2.24, 2.45) is 11.8 Å². The van der Waals surface area contributed by atoms with Gasteiger partial charge in [0.15, 0.2) is 0 Å². The van der Waals surface area contributed by atoms with E-state index < -0.39 is 0 Å². The Bertz CT molecular complexity index is 198. The Labute approximate surface area is 73.9 Å². The molecular formula is C10H17NO. The van der Waals surface area contributed by atoms with E-state index in [0.29, 0.717) is 17.9 Å². The third-order valence-electron chi connectivity index (χ3n) is 3.14. The first-order valence-electron chi connectivity index (χ1n) is 4.84. The predicted molar refractivity (Wildman–Crippen MR) is 48.3 cm³/mol. The van der Waals surface area contributed by atoms with Crippen LogP contribution in [0.4, 0.5) is 0 Å². The Morgan fingerprint density at radius 1 is 1.33 bits per heavy atom. The van der Waals surface area contributed by atoms with Crippen LogP contribution < -0.4 is 0 Å². The number of hydrogen-bond acceptors (Lipinski definition) is 2. The molecule has 0 spiro atoms. The van der Waals surface area contributed by atoms with Gasteiger partial charge in [-0.05, 0) is 25.0 Å². The number of aliphatic hydroxyl groups is 1. The predicted octanol–water partition coefficient (Wildman–Crippen LogP) is 1.57. The molecule has 0 aromatic heterocycles. The highest BCUT2D eigenvalue weighted by atomic mass is 16.3. The zero-order valence-electron chi connectivity index (χ0n) is 7.77. The van der Waals surface area contributed by atoms with Crippen LogP contribution in [0.3, 0.4) is 0 Å². The summed E-state index contributed by atoms with van der Waals surface area (Å²) >= 11 is 0. The number of nitrogens with zero attached hydrogens (tertiary/aromatic N) is 1. The summed E-state index contributed by atoms with van der Waals surface area (Å²) < 4.78 is 0. The average Bonchev–Trinajstić information content (AvgIpc) is 2.84. The van der Waals surface area contributed by atoms with Crippen LogP contribution >= 0.6 is 0 Å². The van der Waals surface area contributed by atoms with E-state index >= 15 is 0 Å². The van der Waals surface area contributed by atoms with Gasteiger partial charge in [0.05, 0.1) is 0 Å². The van der Waals surface area contributed by atoms with E-state index in [0.717, 1.165) is 0 Å². The molecular weight excluding hydrogens is 150 g/mol. The first-order chi connectivity index (χ1) is 5.70. The lowest BCUT2D eigenvalue weighted by Crippen LogP contribution is -2.42. The molecule has 1 aliphatic carbocycles. The van der Waals surface area contributed by atoms with Crippen LogP contribution in [0.15, 0.2) is 12.3 Å². The van der Waals surface area contributed by atoms with Gasteiger partial charge in [0, 0.05) is 12.0 Å². The van der Waals surface area contributed by atoms with Gasteiger partial charge in [-0.2, -0.15) is 0 Å². The molecule has 0 amide bonds. The van der Waals surface area contributed by atoms with Crippen molar-refractivity contribution >= 4 is 0 Å². The summed E-state index contributed by atoms with van der Waals surface area (Å²) in [6.45, 7) is 4.28. The van der Waals surface area contributed by atoms with E-state index in [1.165, 1.54) is 12.8 Å². The third-order valence-corrected chi connectivity index (χ3v) is 3.14. The van der Waals surface area contributed by atoms with Crippen LogP contribution in [0.5, 0.6) is 0 Å². The molecule has 2 rings (SSSR count). The summed E-state index contributed by atoms with van der Waals surface area (Å²) in [5, 5.41) is 9.89. The van der Waals surface area contributed by atoms with E-state index in [1.54, 1.807) is 0 Å². The highest BCUT2D eigenvalue weighted by Gasteiger charge is 2.36. The van der Waals surface area contributed by atoms with Gasteiger partial charge < -0.3 is 10.0 Å². The van der Waals surface area contributed by atoms with Crippen molar-refractivity contribution < 1.29 is 5.11 Å². The lowest BCUT2D eigenvalue weighted by Gasteiger charge is -2.37. The van der Waals surface area contributed by atoms with Crippen LogP contribution in [0.1, 0.15) is 26.7 Å². The van der Waals surface area contributed by atoms with Gasteiger partial charge in [-0.25, -0.2) is 0 Å². The molecule has 1 N–H and O–H groups in total. The van der Waals surface area contributed by atoms with Crippen LogP contribution in [-0.2, 0) is 0 Å². The maximum absolute atomic E-state index is 9.89. The van der Waals surface area contributed by atoms with E-state index in [9.17, 15) is 5.11 Å². The molecule has 2 heteroatoms. The molecule has 1 unspecified atom stereocenters. The molecule has 3 atom stereocenters. The summed E-state index contributed by atoms with van der Waals surface area (Å²) in [6, 6.07) is 0.631. The maximum Gasteiger partial charge on any atom is 0.129 e. The lowest BCUT2D eigenvalue weighted by molar-refractivity contribution is -0.0312. The number of allylic oxidation sites excluding steroid dienone is 1. The second kappa shape index (κ2) is 2.77. The average molecular weight is 167 g/mol. The molecule has 2 aliphatic rings. The number of aliphatic hydroxyl groups excluding tert-OH is 1. The van der Waals surface area contributed by atoms with Gasteiger partial charge in [0.25, 0.3) is 0 Å².